The first-order chi connectivity index (χ1) is 12.7. The third-order valence-electron chi connectivity index (χ3n) is 5.93. The second-order valence-electron chi connectivity index (χ2n) is 7.69. The molecule has 1 unspecified atom stereocenters. The molecule has 1 N–H and O–H groups in total. The lowest BCUT2D eigenvalue weighted by Gasteiger charge is -2.29. The Morgan fingerprint density at radius 3 is 2.73 bits per heavy atom. The van der Waals surface area contributed by atoms with Gasteiger partial charge < -0.3 is 19.9 Å². The highest BCUT2D eigenvalue weighted by atomic mass is 16.5. The number of methoxy groups -OCH3 is 1. The molecule has 6 nitrogen and oxygen atoms in total. The molecule has 1 saturated heterocycles. The quantitative estimate of drug-likeness (QED) is 0.713. The zero-order valence-corrected chi connectivity index (χ0v) is 16.1. The fraction of sp³-hybridized carbons (Fsp3) is 0.800. The van der Waals surface area contributed by atoms with Crippen LogP contribution in [0.2, 0.25) is 0 Å². The summed E-state index contributed by atoms with van der Waals surface area (Å²) in [4.78, 5) is 29.6. The summed E-state index contributed by atoms with van der Waals surface area (Å²) in [5.41, 5.74) is 1.96. The molecule has 0 aromatic heterocycles. The molecule has 26 heavy (non-hydrogen) atoms. The van der Waals surface area contributed by atoms with E-state index < -0.39 is 0 Å². The predicted octanol–water partition coefficient (Wildman–Crippen LogP) is 1.71. The van der Waals surface area contributed by atoms with Crippen molar-refractivity contribution < 1.29 is 14.3 Å². The van der Waals surface area contributed by atoms with Gasteiger partial charge in [0.15, 0.2) is 0 Å². The molecular weight excluding hydrogens is 330 g/mol. The smallest absolute Gasteiger partial charge is 0.250 e. The van der Waals surface area contributed by atoms with Gasteiger partial charge in [0.1, 0.15) is 0 Å². The van der Waals surface area contributed by atoms with Crippen LogP contribution >= 0.6 is 0 Å². The largest absolute Gasteiger partial charge is 0.383 e. The number of hydrogen-bond donors (Lipinski definition) is 1. The van der Waals surface area contributed by atoms with Crippen LogP contribution in [0.3, 0.4) is 0 Å². The van der Waals surface area contributed by atoms with Crippen molar-refractivity contribution in [3.8, 4) is 0 Å². The van der Waals surface area contributed by atoms with E-state index in [-0.39, 0.29) is 24.3 Å². The van der Waals surface area contributed by atoms with Gasteiger partial charge in [-0.05, 0) is 50.8 Å². The zero-order chi connectivity index (χ0) is 18.4. The molecule has 3 aliphatic rings. The number of fused-ring (bicyclic) bond motifs is 1. The van der Waals surface area contributed by atoms with Gasteiger partial charge in [0.25, 0.3) is 5.91 Å². The average Bonchev–Trinajstić information content (AvgIpc) is 2.92. The lowest BCUT2D eigenvalue weighted by Crippen LogP contribution is -2.39. The summed E-state index contributed by atoms with van der Waals surface area (Å²) in [6.45, 7) is 5.02. The summed E-state index contributed by atoms with van der Waals surface area (Å²) in [5.74, 6) is 0.0332. The van der Waals surface area contributed by atoms with Crippen LogP contribution in [0.5, 0.6) is 0 Å². The highest BCUT2D eigenvalue weighted by Gasteiger charge is 2.39. The Balaban J connectivity index is 1.52. The Hall–Kier alpha value is -1.40. The van der Waals surface area contributed by atoms with Gasteiger partial charge in [-0.1, -0.05) is 12.8 Å². The Bertz CT molecular complexity index is 540. The van der Waals surface area contributed by atoms with E-state index in [4.69, 9.17) is 4.74 Å². The summed E-state index contributed by atoms with van der Waals surface area (Å²) in [5, 5.41) is 3.02. The third kappa shape index (κ3) is 4.65. The summed E-state index contributed by atoms with van der Waals surface area (Å²) < 4.78 is 5.16. The predicted molar refractivity (Wildman–Crippen MR) is 101 cm³/mol. The standard InChI is InChI=1S/C20H33N3O3/c1-26-14-13-23-18-8-4-3-7-16(18)17(20(23)25)15-19(24)21-9-12-22-10-5-2-6-11-22/h18H,2-15H2,1H3,(H,21,24). The number of amides is 2. The van der Waals surface area contributed by atoms with Gasteiger partial charge in [0.2, 0.25) is 5.91 Å². The van der Waals surface area contributed by atoms with Gasteiger partial charge in [-0.2, -0.15) is 0 Å². The van der Waals surface area contributed by atoms with E-state index in [0.717, 1.165) is 50.9 Å². The van der Waals surface area contributed by atoms with Crippen molar-refractivity contribution >= 4 is 11.8 Å². The van der Waals surface area contributed by atoms with Crippen LogP contribution < -0.4 is 5.32 Å². The molecule has 6 heteroatoms. The number of hydrogen-bond acceptors (Lipinski definition) is 4. The minimum Gasteiger partial charge on any atom is -0.383 e. The van der Waals surface area contributed by atoms with E-state index in [1.807, 2.05) is 4.90 Å². The van der Waals surface area contributed by atoms with Gasteiger partial charge in [0.05, 0.1) is 19.1 Å². The molecule has 1 aliphatic carbocycles. The van der Waals surface area contributed by atoms with Gasteiger partial charge in [-0.15, -0.1) is 0 Å². The van der Waals surface area contributed by atoms with Crippen LogP contribution in [0.25, 0.3) is 0 Å². The van der Waals surface area contributed by atoms with Crippen molar-refractivity contribution in [1.82, 2.24) is 15.1 Å². The molecule has 0 bridgehead atoms. The monoisotopic (exact) mass is 363 g/mol. The van der Waals surface area contributed by atoms with Crippen LogP contribution in [0, 0.1) is 0 Å². The fourth-order valence-corrected chi connectivity index (χ4v) is 4.54. The van der Waals surface area contributed by atoms with E-state index >= 15 is 0 Å². The highest BCUT2D eigenvalue weighted by molar-refractivity contribution is 6.02. The van der Waals surface area contributed by atoms with Crippen LogP contribution in [-0.4, -0.2) is 74.1 Å². The maximum Gasteiger partial charge on any atom is 0.250 e. The molecule has 146 valence electrons. The second-order valence-corrected chi connectivity index (χ2v) is 7.69. The molecule has 1 atom stereocenters. The average molecular weight is 364 g/mol. The van der Waals surface area contributed by atoms with Crippen molar-refractivity contribution in [3.63, 3.8) is 0 Å². The number of likely N-dealkylation sites (tertiary alicyclic amines) is 1. The van der Waals surface area contributed by atoms with Crippen molar-refractivity contribution in [2.75, 3.05) is 46.4 Å². The lowest BCUT2D eigenvalue weighted by molar-refractivity contribution is -0.129. The molecule has 2 aliphatic heterocycles. The van der Waals surface area contributed by atoms with Gasteiger partial charge in [-0.3, -0.25) is 9.59 Å². The number of rotatable bonds is 8. The van der Waals surface area contributed by atoms with Crippen molar-refractivity contribution in [3.05, 3.63) is 11.1 Å². The fourth-order valence-electron chi connectivity index (χ4n) is 4.54. The lowest BCUT2D eigenvalue weighted by atomic mass is 9.88. The van der Waals surface area contributed by atoms with Crippen LogP contribution in [0.1, 0.15) is 51.4 Å². The normalized spacial score (nSPS) is 24.1. The number of carbonyl (C=O) groups excluding carboxylic acids is 2. The summed E-state index contributed by atoms with van der Waals surface area (Å²) in [7, 11) is 1.66. The molecule has 0 aromatic rings. The van der Waals surface area contributed by atoms with Gasteiger partial charge >= 0.3 is 0 Å². The Morgan fingerprint density at radius 1 is 1.15 bits per heavy atom. The molecule has 3 rings (SSSR count). The molecule has 0 spiro atoms. The van der Waals surface area contributed by atoms with Crippen molar-refractivity contribution in [1.29, 1.82) is 0 Å². The maximum atomic E-state index is 12.9. The van der Waals surface area contributed by atoms with Gasteiger partial charge in [0, 0.05) is 32.3 Å². The number of nitrogens with one attached hydrogen (secondary N) is 1. The summed E-state index contributed by atoms with van der Waals surface area (Å²) in [6.07, 6.45) is 8.32. The molecule has 0 radical (unpaired) electrons. The topological polar surface area (TPSA) is 61.9 Å². The third-order valence-corrected chi connectivity index (χ3v) is 5.93. The van der Waals surface area contributed by atoms with Crippen LogP contribution in [0.15, 0.2) is 11.1 Å². The van der Waals surface area contributed by atoms with Crippen molar-refractivity contribution in [2.24, 2.45) is 0 Å². The minimum absolute atomic E-state index is 0.0178. The molecule has 1 saturated carbocycles. The molecule has 2 heterocycles. The Labute approximate surface area is 156 Å². The molecule has 2 amide bonds. The summed E-state index contributed by atoms with van der Waals surface area (Å²) >= 11 is 0. The minimum atomic E-state index is -0.0178. The molecule has 2 fully saturated rings. The van der Waals surface area contributed by atoms with E-state index in [1.54, 1.807) is 7.11 Å². The molecular formula is C20H33N3O3. The van der Waals surface area contributed by atoms with Gasteiger partial charge in [-0.25, -0.2) is 0 Å². The Kier molecular flexibility index (Phi) is 7.08. The summed E-state index contributed by atoms with van der Waals surface area (Å²) in [6, 6.07) is 0.197. The first-order valence-corrected chi connectivity index (χ1v) is 10.2. The zero-order valence-electron chi connectivity index (χ0n) is 16.1. The SMILES string of the molecule is COCCN1C(=O)C(CC(=O)NCCN2CCCCC2)=C2CCCCC21. The number of carbonyl (C=O) groups is 2. The van der Waals surface area contributed by atoms with Crippen LogP contribution in [-0.2, 0) is 14.3 Å². The Morgan fingerprint density at radius 2 is 1.96 bits per heavy atom. The first-order valence-electron chi connectivity index (χ1n) is 10.2. The van der Waals surface area contributed by atoms with Crippen molar-refractivity contribution in [2.45, 2.75) is 57.4 Å². The van der Waals surface area contributed by atoms with E-state index in [9.17, 15) is 9.59 Å². The second kappa shape index (κ2) is 9.51. The number of ether oxygens (including phenoxy) is 1. The van der Waals surface area contributed by atoms with Crippen LogP contribution in [0.4, 0.5) is 0 Å². The number of nitrogens with zero attached hydrogens (tertiary/aromatic N) is 2. The van der Waals surface area contributed by atoms with E-state index in [2.05, 4.69) is 10.2 Å². The van der Waals surface area contributed by atoms with E-state index in [1.165, 1.54) is 24.8 Å². The molecule has 0 aromatic carbocycles. The number of piperidine rings is 1. The highest BCUT2D eigenvalue weighted by Crippen LogP contribution is 2.37. The first kappa shape index (κ1) is 19.4. The maximum absolute atomic E-state index is 12.9. The van der Waals surface area contributed by atoms with E-state index in [0.29, 0.717) is 19.7 Å².